The summed E-state index contributed by atoms with van der Waals surface area (Å²) in [5.74, 6) is -3.80. The smallest absolute Gasteiger partial charge is 0.326 e. The van der Waals surface area contributed by atoms with E-state index in [1.807, 2.05) is 0 Å². The van der Waals surface area contributed by atoms with Crippen molar-refractivity contribution in [2.24, 2.45) is 0 Å². The van der Waals surface area contributed by atoms with Crippen LogP contribution in [0, 0.1) is 11.6 Å². The molecule has 17 heavy (non-hydrogen) atoms. The summed E-state index contributed by atoms with van der Waals surface area (Å²) in [5.41, 5.74) is -0.248. The van der Waals surface area contributed by atoms with Crippen LogP contribution in [0.15, 0.2) is 18.2 Å². The molecule has 0 fully saturated rings. The number of hydrogen-bond donors (Lipinski definition) is 2. The van der Waals surface area contributed by atoms with E-state index in [0.29, 0.717) is 6.07 Å². The molecule has 1 amide bonds. The minimum Gasteiger partial charge on any atom is -0.480 e. The molecule has 0 aliphatic rings. The lowest BCUT2D eigenvalue weighted by molar-refractivity contribution is -0.139. The monoisotopic (exact) mass is 243 g/mol. The minimum atomic E-state index is -1.20. The van der Waals surface area contributed by atoms with E-state index in [4.69, 9.17) is 5.11 Å². The molecule has 2 N–H and O–H groups in total. The van der Waals surface area contributed by atoms with Crippen molar-refractivity contribution in [3.63, 3.8) is 0 Å². The van der Waals surface area contributed by atoms with Crippen LogP contribution >= 0.6 is 0 Å². The average Bonchev–Trinajstić information content (AvgIpc) is 2.23. The first-order chi connectivity index (χ1) is 7.93. The summed E-state index contributed by atoms with van der Waals surface area (Å²) in [6.45, 7) is 1.57. The van der Waals surface area contributed by atoms with E-state index in [2.05, 4.69) is 5.32 Å². The molecule has 92 valence electrons. The second kappa shape index (κ2) is 5.38. The van der Waals surface area contributed by atoms with E-state index in [1.165, 1.54) is 0 Å². The Kier molecular flexibility index (Phi) is 4.14. The molecule has 1 aromatic carbocycles. The molecule has 0 saturated heterocycles. The van der Waals surface area contributed by atoms with Crippen LogP contribution in [0.4, 0.5) is 8.78 Å². The van der Waals surface area contributed by atoms with E-state index in [-0.39, 0.29) is 12.0 Å². The molecule has 0 aliphatic heterocycles. The van der Waals surface area contributed by atoms with Gasteiger partial charge in [0.25, 0.3) is 5.91 Å². The molecule has 0 aromatic heterocycles. The van der Waals surface area contributed by atoms with Crippen LogP contribution in [-0.4, -0.2) is 23.0 Å². The highest BCUT2D eigenvalue weighted by Gasteiger charge is 2.19. The molecule has 6 heteroatoms. The van der Waals surface area contributed by atoms with Gasteiger partial charge in [0.05, 0.1) is 0 Å². The maximum Gasteiger partial charge on any atom is 0.326 e. The number of carboxylic acids is 1. The van der Waals surface area contributed by atoms with Gasteiger partial charge in [-0.25, -0.2) is 13.6 Å². The summed E-state index contributed by atoms with van der Waals surface area (Å²) in [6.07, 6.45) is 0.179. The Hall–Kier alpha value is -1.98. The summed E-state index contributed by atoms with van der Waals surface area (Å²) in [7, 11) is 0. The second-order valence-corrected chi connectivity index (χ2v) is 3.43. The van der Waals surface area contributed by atoms with Crippen LogP contribution in [0.25, 0.3) is 0 Å². The second-order valence-electron chi connectivity index (χ2n) is 3.43. The number of carbonyl (C=O) groups is 2. The van der Waals surface area contributed by atoms with Crippen molar-refractivity contribution in [1.29, 1.82) is 0 Å². The van der Waals surface area contributed by atoms with Crippen LogP contribution in [0.1, 0.15) is 23.7 Å². The summed E-state index contributed by atoms with van der Waals surface area (Å²) in [5, 5.41) is 10.9. The number of carboxylic acid groups (broad SMARTS) is 1. The van der Waals surface area contributed by atoms with Crippen LogP contribution in [0.2, 0.25) is 0 Å². The minimum absolute atomic E-state index is 0.179. The summed E-state index contributed by atoms with van der Waals surface area (Å²) in [4.78, 5) is 22.2. The van der Waals surface area contributed by atoms with Gasteiger partial charge in [0.1, 0.15) is 17.7 Å². The van der Waals surface area contributed by atoms with E-state index < -0.39 is 29.6 Å². The van der Waals surface area contributed by atoms with Crippen molar-refractivity contribution in [2.75, 3.05) is 0 Å². The zero-order valence-electron chi connectivity index (χ0n) is 9.04. The summed E-state index contributed by atoms with van der Waals surface area (Å²) >= 11 is 0. The first kappa shape index (κ1) is 13.1. The quantitative estimate of drug-likeness (QED) is 0.843. The lowest BCUT2D eigenvalue weighted by atomic mass is 10.1. The van der Waals surface area contributed by atoms with Crippen LogP contribution in [0.5, 0.6) is 0 Å². The number of benzene rings is 1. The predicted octanol–water partition coefficient (Wildman–Crippen LogP) is 1.56. The molecule has 4 nitrogen and oxygen atoms in total. The number of aliphatic carboxylic acids is 1. The number of hydrogen-bond acceptors (Lipinski definition) is 2. The van der Waals surface area contributed by atoms with Gasteiger partial charge >= 0.3 is 5.97 Å². The topological polar surface area (TPSA) is 66.4 Å². The Morgan fingerprint density at radius 1 is 1.29 bits per heavy atom. The van der Waals surface area contributed by atoms with Gasteiger partial charge in [-0.1, -0.05) is 6.92 Å². The third kappa shape index (κ3) is 3.51. The number of halogens is 2. The fraction of sp³-hybridized carbons (Fsp3) is 0.273. The first-order valence-corrected chi connectivity index (χ1v) is 4.93. The summed E-state index contributed by atoms with van der Waals surface area (Å²) in [6, 6.07) is 1.24. The lowest BCUT2D eigenvalue weighted by Crippen LogP contribution is -2.40. The van der Waals surface area contributed by atoms with Crippen LogP contribution in [-0.2, 0) is 4.79 Å². The highest BCUT2D eigenvalue weighted by molar-refractivity contribution is 5.96. The van der Waals surface area contributed by atoms with Gasteiger partial charge in [-0.3, -0.25) is 4.79 Å². The van der Waals surface area contributed by atoms with Crippen molar-refractivity contribution in [2.45, 2.75) is 19.4 Å². The van der Waals surface area contributed by atoms with Gasteiger partial charge in [0, 0.05) is 11.6 Å². The third-order valence-corrected chi connectivity index (χ3v) is 2.14. The molecular formula is C11H11F2NO3. The van der Waals surface area contributed by atoms with Gasteiger partial charge < -0.3 is 10.4 Å². The zero-order valence-corrected chi connectivity index (χ0v) is 9.04. The maximum atomic E-state index is 12.8. The molecule has 0 bridgehead atoms. The number of rotatable bonds is 4. The number of nitrogens with one attached hydrogen (secondary N) is 1. The fourth-order valence-corrected chi connectivity index (χ4v) is 1.26. The largest absolute Gasteiger partial charge is 0.480 e. The van der Waals surface area contributed by atoms with Crippen molar-refractivity contribution in [3.05, 3.63) is 35.4 Å². The van der Waals surface area contributed by atoms with Crippen molar-refractivity contribution < 1.29 is 23.5 Å². The first-order valence-electron chi connectivity index (χ1n) is 4.93. The van der Waals surface area contributed by atoms with Crippen molar-refractivity contribution >= 4 is 11.9 Å². The normalized spacial score (nSPS) is 11.9. The average molecular weight is 243 g/mol. The molecule has 0 radical (unpaired) electrons. The van der Waals surface area contributed by atoms with Gasteiger partial charge in [0.15, 0.2) is 0 Å². The molecule has 1 unspecified atom stereocenters. The molecule has 1 aromatic rings. The van der Waals surface area contributed by atoms with Crippen molar-refractivity contribution in [1.82, 2.24) is 5.32 Å². The SMILES string of the molecule is CCC(NC(=O)c1cc(F)cc(F)c1)C(=O)O. The Bertz CT molecular complexity index is 428. The fourth-order valence-electron chi connectivity index (χ4n) is 1.26. The Labute approximate surface area is 96.3 Å². The van der Waals surface area contributed by atoms with E-state index in [9.17, 15) is 18.4 Å². The van der Waals surface area contributed by atoms with E-state index in [1.54, 1.807) is 6.92 Å². The zero-order chi connectivity index (χ0) is 13.0. The molecule has 0 aliphatic carbocycles. The lowest BCUT2D eigenvalue weighted by Gasteiger charge is -2.12. The van der Waals surface area contributed by atoms with E-state index >= 15 is 0 Å². The molecular weight excluding hydrogens is 232 g/mol. The molecule has 0 saturated carbocycles. The predicted molar refractivity (Wildman–Crippen MR) is 55.5 cm³/mol. The Morgan fingerprint density at radius 3 is 2.24 bits per heavy atom. The number of carbonyl (C=O) groups excluding carboxylic acids is 1. The molecule has 1 atom stereocenters. The van der Waals surface area contributed by atoms with Gasteiger partial charge in [0.2, 0.25) is 0 Å². The molecule has 0 spiro atoms. The number of amides is 1. The molecule has 0 heterocycles. The Morgan fingerprint density at radius 2 is 1.82 bits per heavy atom. The van der Waals surface area contributed by atoms with Gasteiger partial charge in [-0.15, -0.1) is 0 Å². The van der Waals surface area contributed by atoms with Crippen molar-refractivity contribution in [3.8, 4) is 0 Å². The highest BCUT2D eigenvalue weighted by Crippen LogP contribution is 2.08. The summed E-state index contributed by atoms with van der Waals surface area (Å²) < 4.78 is 25.7. The van der Waals surface area contributed by atoms with E-state index in [0.717, 1.165) is 12.1 Å². The third-order valence-electron chi connectivity index (χ3n) is 2.14. The van der Waals surface area contributed by atoms with Gasteiger partial charge in [-0.2, -0.15) is 0 Å². The highest BCUT2D eigenvalue weighted by atomic mass is 19.1. The van der Waals surface area contributed by atoms with Gasteiger partial charge in [-0.05, 0) is 18.6 Å². The van der Waals surface area contributed by atoms with Crippen LogP contribution in [0.3, 0.4) is 0 Å². The molecule has 1 rings (SSSR count). The maximum absolute atomic E-state index is 12.8. The Balaban J connectivity index is 2.86. The standard InChI is InChI=1S/C11H11F2NO3/c1-2-9(11(16)17)14-10(15)6-3-7(12)5-8(13)4-6/h3-5,9H,2H2,1H3,(H,14,15)(H,16,17). The van der Waals surface area contributed by atoms with Crippen LogP contribution < -0.4 is 5.32 Å².